The van der Waals surface area contributed by atoms with Crippen LogP contribution in [0.3, 0.4) is 0 Å². The minimum atomic E-state index is -0.0884. The predicted octanol–water partition coefficient (Wildman–Crippen LogP) is 3.79. The zero-order valence-electron chi connectivity index (χ0n) is 14.0. The maximum Gasteiger partial charge on any atom is 0.276 e. The summed E-state index contributed by atoms with van der Waals surface area (Å²) < 4.78 is 5.33. The number of nitrogens with zero attached hydrogens (tertiary/aromatic N) is 3. The quantitative estimate of drug-likeness (QED) is 0.763. The number of fused-ring (bicyclic) bond motifs is 1. The minimum absolute atomic E-state index is 0.0884. The number of carbonyl (C=O) groups is 1. The molecule has 3 heterocycles. The maximum atomic E-state index is 12.8. The first kappa shape index (κ1) is 15.6. The Morgan fingerprint density at radius 2 is 2.08 bits per heavy atom. The molecule has 0 spiro atoms. The molecule has 132 valence electrons. The summed E-state index contributed by atoms with van der Waals surface area (Å²) in [6, 6.07) is 9.38. The summed E-state index contributed by atoms with van der Waals surface area (Å²) in [7, 11) is 0. The van der Waals surface area contributed by atoms with E-state index in [2.05, 4.69) is 15.4 Å². The zero-order valence-corrected chi connectivity index (χ0v) is 14.8. The summed E-state index contributed by atoms with van der Waals surface area (Å²) in [5.41, 5.74) is 4.38. The molecule has 1 amide bonds. The summed E-state index contributed by atoms with van der Waals surface area (Å²) in [6.45, 7) is 1.15. The second-order valence-corrected chi connectivity index (χ2v) is 7.34. The highest BCUT2D eigenvalue weighted by atomic mass is 35.5. The van der Waals surface area contributed by atoms with E-state index in [4.69, 9.17) is 16.1 Å². The fourth-order valence-corrected chi connectivity index (χ4v) is 3.55. The Bertz CT molecular complexity index is 972. The van der Waals surface area contributed by atoms with Gasteiger partial charge in [0.15, 0.2) is 5.69 Å². The molecule has 2 aromatic heterocycles. The van der Waals surface area contributed by atoms with E-state index >= 15 is 0 Å². The van der Waals surface area contributed by atoms with Crippen molar-refractivity contribution in [1.82, 2.24) is 20.3 Å². The van der Waals surface area contributed by atoms with E-state index in [1.807, 2.05) is 29.2 Å². The van der Waals surface area contributed by atoms with Crippen molar-refractivity contribution in [2.45, 2.75) is 31.7 Å². The molecule has 1 aliphatic heterocycles. The van der Waals surface area contributed by atoms with Crippen molar-refractivity contribution >= 4 is 17.5 Å². The van der Waals surface area contributed by atoms with Crippen molar-refractivity contribution in [3.63, 3.8) is 0 Å². The Labute approximate surface area is 155 Å². The van der Waals surface area contributed by atoms with Crippen molar-refractivity contribution in [2.75, 3.05) is 6.54 Å². The number of hydrogen-bond donors (Lipinski definition) is 1. The van der Waals surface area contributed by atoms with Crippen molar-refractivity contribution in [3.8, 4) is 11.3 Å². The molecule has 3 aromatic rings. The van der Waals surface area contributed by atoms with Crippen molar-refractivity contribution in [1.29, 1.82) is 0 Å². The number of nitrogens with one attached hydrogen (secondary N) is 1. The Morgan fingerprint density at radius 1 is 1.27 bits per heavy atom. The van der Waals surface area contributed by atoms with Crippen LogP contribution in [0.15, 0.2) is 34.9 Å². The van der Waals surface area contributed by atoms with E-state index in [0.717, 1.165) is 47.5 Å². The fraction of sp³-hybridized carbons (Fsp3) is 0.316. The first-order valence-corrected chi connectivity index (χ1v) is 9.15. The highest BCUT2D eigenvalue weighted by Crippen LogP contribution is 2.40. The second kappa shape index (κ2) is 5.99. The number of benzene rings is 1. The number of aromatic nitrogens is 3. The lowest BCUT2D eigenvalue weighted by atomic mass is 10.0. The molecule has 7 heteroatoms. The normalized spacial score (nSPS) is 16.6. The average Bonchev–Trinajstić information content (AvgIpc) is 3.25. The van der Waals surface area contributed by atoms with Gasteiger partial charge >= 0.3 is 0 Å². The van der Waals surface area contributed by atoms with Gasteiger partial charge in [0, 0.05) is 46.8 Å². The van der Waals surface area contributed by atoms with E-state index in [1.54, 1.807) is 6.07 Å². The topological polar surface area (TPSA) is 75.0 Å². The molecular formula is C19H17ClN4O2. The summed E-state index contributed by atoms with van der Waals surface area (Å²) in [5.74, 6) is 1.19. The number of halogens is 1. The van der Waals surface area contributed by atoms with Crippen LogP contribution in [-0.2, 0) is 13.0 Å². The number of rotatable bonds is 3. The van der Waals surface area contributed by atoms with Gasteiger partial charge in [0.2, 0.25) is 0 Å². The monoisotopic (exact) mass is 368 g/mol. The van der Waals surface area contributed by atoms with Gasteiger partial charge in [-0.15, -0.1) is 0 Å². The van der Waals surface area contributed by atoms with Crippen molar-refractivity contribution in [2.24, 2.45) is 0 Å². The molecule has 2 aliphatic rings. The largest absolute Gasteiger partial charge is 0.360 e. The van der Waals surface area contributed by atoms with Crippen LogP contribution in [0.25, 0.3) is 11.3 Å². The van der Waals surface area contributed by atoms with Crippen LogP contribution in [0, 0.1) is 0 Å². The van der Waals surface area contributed by atoms with Crippen LogP contribution in [0.1, 0.15) is 46.3 Å². The number of H-pyrrole nitrogens is 1. The molecule has 1 aliphatic carbocycles. The molecule has 0 unspecified atom stereocenters. The zero-order chi connectivity index (χ0) is 17.7. The second-order valence-electron chi connectivity index (χ2n) is 6.90. The molecule has 0 atom stereocenters. The Balaban J connectivity index is 1.41. The molecule has 6 nitrogen and oxygen atoms in total. The predicted molar refractivity (Wildman–Crippen MR) is 96.0 cm³/mol. The summed E-state index contributed by atoms with van der Waals surface area (Å²) >= 11 is 5.98. The van der Waals surface area contributed by atoms with E-state index < -0.39 is 0 Å². The Hall–Kier alpha value is -2.60. The van der Waals surface area contributed by atoms with Gasteiger partial charge in [0.1, 0.15) is 5.76 Å². The van der Waals surface area contributed by atoms with Crippen LogP contribution in [-0.4, -0.2) is 32.7 Å². The SMILES string of the molecule is O=C(c1cc(C2CC2)on1)N1CCc2[nH]nc(-c3ccc(Cl)cc3)c2C1. The molecule has 26 heavy (non-hydrogen) atoms. The van der Waals surface area contributed by atoms with Crippen LogP contribution >= 0.6 is 11.6 Å². The smallest absolute Gasteiger partial charge is 0.276 e. The lowest BCUT2D eigenvalue weighted by molar-refractivity contribution is 0.0724. The highest BCUT2D eigenvalue weighted by Gasteiger charge is 2.31. The third kappa shape index (κ3) is 2.70. The number of carbonyl (C=O) groups excluding carboxylic acids is 1. The molecule has 0 radical (unpaired) electrons. The standard InChI is InChI=1S/C19H17ClN4O2/c20-13-5-3-12(4-6-13)18-14-10-24(8-7-15(14)21-22-18)19(25)16-9-17(26-23-16)11-1-2-11/h3-6,9,11H,1-2,7-8,10H2,(H,21,22). The number of aromatic amines is 1. The third-order valence-electron chi connectivity index (χ3n) is 5.07. The van der Waals surface area contributed by atoms with Crippen LogP contribution in [0.4, 0.5) is 0 Å². The van der Waals surface area contributed by atoms with E-state index in [0.29, 0.717) is 29.7 Å². The molecule has 1 fully saturated rings. The maximum absolute atomic E-state index is 12.8. The van der Waals surface area contributed by atoms with E-state index in [-0.39, 0.29) is 5.91 Å². The van der Waals surface area contributed by atoms with Crippen LogP contribution in [0.2, 0.25) is 5.02 Å². The summed E-state index contributed by atoms with van der Waals surface area (Å²) in [5, 5.41) is 12.2. The average molecular weight is 369 g/mol. The lowest BCUT2D eigenvalue weighted by Crippen LogP contribution is -2.36. The summed E-state index contributed by atoms with van der Waals surface area (Å²) in [6.07, 6.45) is 2.99. The van der Waals surface area contributed by atoms with Gasteiger partial charge in [0.25, 0.3) is 5.91 Å². The molecule has 0 saturated heterocycles. The van der Waals surface area contributed by atoms with Gasteiger partial charge in [-0.3, -0.25) is 9.89 Å². The molecule has 1 N–H and O–H groups in total. The van der Waals surface area contributed by atoms with Crippen molar-refractivity contribution < 1.29 is 9.32 Å². The summed E-state index contributed by atoms with van der Waals surface area (Å²) in [4.78, 5) is 14.6. The molecule has 1 saturated carbocycles. The van der Waals surface area contributed by atoms with Gasteiger partial charge in [-0.1, -0.05) is 28.9 Å². The lowest BCUT2D eigenvalue weighted by Gasteiger charge is -2.26. The van der Waals surface area contributed by atoms with E-state index in [9.17, 15) is 4.79 Å². The fourth-order valence-electron chi connectivity index (χ4n) is 3.43. The van der Waals surface area contributed by atoms with Gasteiger partial charge in [-0.05, 0) is 25.0 Å². The minimum Gasteiger partial charge on any atom is -0.360 e. The van der Waals surface area contributed by atoms with Gasteiger partial charge in [0.05, 0.1) is 12.2 Å². The number of hydrogen-bond acceptors (Lipinski definition) is 4. The van der Waals surface area contributed by atoms with E-state index in [1.165, 1.54) is 0 Å². The Morgan fingerprint density at radius 3 is 2.85 bits per heavy atom. The molecular weight excluding hydrogens is 352 g/mol. The highest BCUT2D eigenvalue weighted by molar-refractivity contribution is 6.30. The van der Waals surface area contributed by atoms with Crippen LogP contribution < -0.4 is 0 Å². The first-order chi connectivity index (χ1) is 12.7. The third-order valence-corrected chi connectivity index (χ3v) is 5.32. The molecule has 1 aromatic carbocycles. The van der Waals surface area contributed by atoms with Crippen LogP contribution in [0.5, 0.6) is 0 Å². The first-order valence-electron chi connectivity index (χ1n) is 8.77. The molecule has 0 bridgehead atoms. The van der Waals surface area contributed by atoms with Gasteiger partial charge in [-0.25, -0.2) is 0 Å². The van der Waals surface area contributed by atoms with Gasteiger partial charge in [-0.2, -0.15) is 5.10 Å². The Kier molecular flexibility index (Phi) is 3.60. The number of amides is 1. The van der Waals surface area contributed by atoms with Crippen molar-refractivity contribution in [3.05, 3.63) is 58.1 Å². The van der Waals surface area contributed by atoms with Gasteiger partial charge < -0.3 is 9.42 Å². The molecule has 5 rings (SSSR count).